The second-order valence-corrected chi connectivity index (χ2v) is 18.6. The maximum atomic E-state index is 9.51. The molecule has 0 bridgehead atoms. The van der Waals surface area contributed by atoms with E-state index in [-0.39, 0.29) is 62.3 Å². The third kappa shape index (κ3) is 7.11. The van der Waals surface area contributed by atoms with Gasteiger partial charge in [0.05, 0.1) is 48.7 Å². The third-order valence-corrected chi connectivity index (χ3v) is 13.4. The van der Waals surface area contributed by atoms with Crippen LogP contribution in [0.1, 0.15) is 83.0 Å². The zero-order valence-corrected chi connectivity index (χ0v) is 38.4. The molecule has 0 saturated heterocycles. The van der Waals surface area contributed by atoms with Gasteiger partial charge in [-0.05, 0) is 118 Å². The SMILES string of the molecule is [2H]c1c([2H])c([2H])c(-c2c(C)c(-c3c([2H])c([2H])c([2H])c([2H])c3[2H])c(N3CN(c4cccc(C(C)(C)c5ccc6c7ccccc7n(-c7cc(C(C)(C)C)ccn7)c6c5)c4)c4ccccc43)c(-c3c([2H])c([2H])c([2H])c([2H])c3[2H])c2C)c([2H])c1[2H]. The van der Waals surface area contributed by atoms with Crippen LogP contribution in [0.2, 0.25) is 0 Å². The molecule has 8 aromatic carbocycles. The van der Waals surface area contributed by atoms with Crippen molar-refractivity contribution in [2.24, 2.45) is 0 Å². The van der Waals surface area contributed by atoms with Gasteiger partial charge in [-0.15, -0.1) is 0 Å². The molecule has 0 amide bonds. The van der Waals surface area contributed by atoms with E-state index in [2.05, 4.69) is 98.7 Å². The van der Waals surface area contributed by atoms with Crippen LogP contribution in [-0.2, 0) is 10.8 Å². The van der Waals surface area contributed by atoms with E-state index in [1.165, 1.54) is 0 Å². The van der Waals surface area contributed by atoms with Crippen molar-refractivity contribution >= 4 is 44.6 Å². The lowest BCUT2D eigenvalue weighted by atomic mass is 9.77. The third-order valence-electron chi connectivity index (χ3n) is 13.4. The summed E-state index contributed by atoms with van der Waals surface area (Å²) in [4.78, 5) is 8.79. The Bertz CT molecular complexity index is 4200. The lowest BCUT2D eigenvalue weighted by Gasteiger charge is -2.32. The molecule has 1 aliphatic rings. The highest BCUT2D eigenvalue weighted by Gasteiger charge is 2.35. The number of aromatic nitrogens is 2. The molecular weight excluding hydrogens is 813 g/mol. The van der Waals surface area contributed by atoms with E-state index in [0.717, 1.165) is 50.0 Å². The maximum absolute atomic E-state index is 9.51. The first-order valence-electron chi connectivity index (χ1n) is 29.8. The highest BCUT2D eigenvalue weighted by atomic mass is 15.4. The standard InChI is InChI=1S/C63H56N4/c1-42-58(44-22-11-8-12-23-44)43(2)60(46-26-15-10-16-27-46)61(59(42)45-24-13-9-14-25-45)66-41-65(54-32-19-20-33-55(54)66)50-29-21-28-48(38-50)63(6,7)49-34-35-52-51-30-17-18-31-53(51)67(56(52)39-49)57-40-47(36-37-64-57)62(3,4)5/h8-40H,41H2,1-7H3/i8D,9D,10D,11D,12D,13D,14D,15D,16D,22D,23D,24D,25D,26D,27D. The first-order valence-corrected chi connectivity index (χ1v) is 22.3. The number of rotatable bonds is 8. The molecule has 0 saturated carbocycles. The van der Waals surface area contributed by atoms with Gasteiger partial charge in [-0.2, -0.15) is 0 Å². The summed E-state index contributed by atoms with van der Waals surface area (Å²) in [7, 11) is 0. The molecule has 0 aliphatic carbocycles. The van der Waals surface area contributed by atoms with Crippen LogP contribution < -0.4 is 9.80 Å². The van der Waals surface area contributed by atoms with Crippen LogP contribution >= 0.6 is 0 Å². The summed E-state index contributed by atoms with van der Waals surface area (Å²) in [6, 6.07) is 25.0. The number of para-hydroxylation sites is 3. The molecule has 11 rings (SSSR count). The topological polar surface area (TPSA) is 24.3 Å². The molecule has 328 valence electrons. The molecule has 1 aliphatic heterocycles. The Labute approximate surface area is 416 Å². The molecular formula is C63H56N4. The fraction of sp³-hybridized carbons (Fsp3) is 0.159. The fourth-order valence-corrected chi connectivity index (χ4v) is 9.86. The Morgan fingerprint density at radius 1 is 0.493 bits per heavy atom. The van der Waals surface area contributed by atoms with Crippen molar-refractivity contribution in [3.63, 3.8) is 0 Å². The maximum Gasteiger partial charge on any atom is 0.137 e. The number of fused-ring (bicyclic) bond motifs is 4. The number of nitrogens with zero attached hydrogens (tertiary/aromatic N) is 4. The largest absolute Gasteiger partial charge is 0.321 e. The van der Waals surface area contributed by atoms with Crippen LogP contribution in [0.4, 0.5) is 22.7 Å². The van der Waals surface area contributed by atoms with Crippen molar-refractivity contribution in [2.45, 2.75) is 59.3 Å². The van der Waals surface area contributed by atoms with Gasteiger partial charge in [-0.1, -0.05) is 180 Å². The Balaban J connectivity index is 1.16. The van der Waals surface area contributed by atoms with Gasteiger partial charge < -0.3 is 9.80 Å². The molecule has 3 heterocycles. The minimum absolute atomic E-state index is 0.00288. The number of benzene rings is 8. The van der Waals surface area contributed by atoms with Gasteiger partial charge >= 0.3 is 0 Å². The predicted octanol–water partition coefficient (Wildman–Crippen LogP) is 16.7. The normalized spacial score (nSPS) is 16.0. The number of hydrogen-bond donors (Lipinski definition) is 0. The van der Waals surface area contributed by atoms with E-state index in [1.54, 1.807) is 13.8 Å². The zero-order valence-electron chi connectivity index (χ0n) is 53.4. The van der Waals surface area contributed by atoms with Gasteiger partial charge in [0.2, 0.25) is 0 Å². The van der Waals surface area contributed by atoms with E-state index in [0.29, 0.717) is 11.4 Å². The van der Waals surface area contributed by atoms with Crippen LogP contribution in [0.25, 0.3) is 61.0 Å². The molecule has 10 aromatic rings. The van der Waals surface area contributed by atoms with E-state index < -0.39 is 96.1 Å². The number of hydrogen-bond acceptors (Lipinski definition) is 3. The number of pyridine rings is 1. The Kier molecular flexibility index (Phi) is 6.91. The van der Waals surface area contributed by atoms with E-state index in [1.807, 2.05) is 59.6 Å². The summed E-state index contributed by atoms with van der Waals surface area (Å²) in [5.74, 6) is 0.811. The lowest BCUT2D eigenvalue weighted by Crippen LogP contribution is -2.26. The molecule has 4 heteroatoms. The van der Waals surface area contributed by atoms with Gasteiger partial charge in [0.25, 0.3) is 0 Å². The van der Waals surface area contributed by atoms with Crippen molar-refractivity contribution in [3.8, 4) is 39.2 Å². The predicted molar refractivity (Wildman–Crippen MR) is 284 cm³/mol. The summed E-state index contributed by atoms with van der Waals surface area (Å²) < 4.78 is 138. The van der Waals surface area contributed by atoms with Crippen molar-refractivity contribution in [3.05, 3.63) is 228 Å². The van der Waals surface area contributed by atoms with Gasteiger partial charge in [0.1, 0.15) is 12.5 Å². The molecule has 4 nitrogen and oxygen atoms in total. The smallest absolute Gasteiger partial charge is 0.137 e. The second-order valence-electron chi connectivity index (χ2n) is 18.6. The average molecular weight is 884 g/mol. The van der Waals surface area contributed by atoms with Crippen LogP contribution in [-0.4, -0.2) is 16.2 Å². The van der Waals surface area contributed by atoms with E-state index in [4.69, 9.17) is 17.3 Å². The first kappa shape index (κ1) is 28.4. The molecule has 2 aromatic heterocycles. The highest BCUT2D eigenvalue weighted by molar-refractivity contribution is 6.09. The summed E-state index contributed by atoms with van der Waals surface area (Å²) in [5.41, 5.74) is 5.85. The Morgan fingerprint density at radius 2 is 1.04 bits per heavy atom. The van der Waals surface area contributed by atoms with Crippen LogP contribution in [0.5, 0.6) is 0 Å². The molecule has 0 atom stereocenters. The van der Waals surface area contributed by atoms with Gasteiger partial charge in [0, 0.05) is 39.2 Å². The minimum atomic E-state index is -0.675. The quantitative estimate of drug-likeness (QED) is 0.152. The Hall–Kier alpha value is -7.69. The molecule has 0 radical (unpaired) electrons. The van der Waals surface area contributed by atoms with Crippen molar-refractivity contribution in [1.29, 1.82) is 0 Å². The van der Waals surface area contributed by atoms with Crippen LogP contribution in [0.15, 0.2) is 200 Å². The van der Waals surface area contributed by atoms with Crippen LogP contribution in [0.3, 0.4) is 0 Å². The first-order chi connectivity index (χ1) is 38.7. The van der Waals surface area contributed by atoms with Gasteiger partial charge in [-0.25, -0.2) is 4.98 Å². The summed E-state index contributed by atoms with van der Waals surface area (Å²) in [5, 5.41) is 2.18. The average Bonchev–Trinajstić information content (AvgIpc) is 1.49. The molecule has 0 spiro atoms. The monoisotopic (exact) mass is 884 g/mol. The van der Waals surface area contributed by atoms with E-state index in [9.17, 15) is 8.22 Å². The van der Waals surface area contributed by atoms with E-state index >= 15 is 0 Å². The second kappa shape index (κ2) is 16.3. The Morgan fingerprint density at radius 3 is 1.67 bits per heavy atom. The van der Waals surface area contributed by atoms with Crippen molar-refractivity contribution in [1.82, 2.24) is 9.55 Å². The van der Waals surface area contributed by atoms with Crippen molar-refractivity contribution in [2.75, 3.05) is 16.5 Å². The van der Waals surface area contributed by atoms with Gasteiger partial charge in [0.15, 0.2) is 0 Å². The summed E-state index contributed by atoms with van der Waals surface area (Å²) in [6.45, 7) is 14.0. The highest BCUT2D eigenvalue weighted by Crippen LogP contribution is 2.54. The zero-order chi connectivity index (χ0) is 59.1. The van der Waals surface area contributed by atoms with Crippen molar-refractivity contribution < 1.29 is 20.6 Å². The molecule has 0 fully saturated rings. The van der Waals surface area contributed by atoms with Gasteiger partial charge in [-0.3, -0.25) is 4.57 Å². The minimum Gasteiger partial charge on any atom is -0.321 e. The molecule has 0 N–H and O–H groups in total. The lowest BCUT2D eigenvalue weighted by molar-refractivity contribution is 0.588. The number of anilines is 4. The fourth-order valence-electron chi connectivity index (χ4n) is 9.86. The van der Waals surface area contributed by atoms with Crippen LogP contribution in [0, 0.1) is 13.8 Å². The molecule has 0 unspecified atom stereocenters. The summed E-state index contributed by atoms with van der Waals surface area (Å²) >= 11 is 0. The summed E-state index contributed by atoms with van der Waals surface area (Å²) in [6.07, 6.45) is 1.86. The molecule has 67 heavy (non-hydrogen) atoms.